The second-order valence-corrected chi connectivity index (χ2v) is 3.47. The van der Waals surface area contributed by atoms with Gasteiger partial charge in [0.1, 0.15) is 0 Å². The van der Waals surface area contributed by atoms with E-state index < -0.39 is 24.5 Å². The molecule has 0 radical (unpaired) electrons. The summed E-state index contributed by atoms with van der Waals surface area (Å²) in [7, 11) is 0. The van der Waals surface area contributed by atoms with Gasteiger partial charge in [-0.25, -0.2) is 14.3 Å². The molecular formula is C10H8F3N2O2+. The first-order chi connectivity index (χ1) is 7.89. The van der Waals surface area contributed by atoms with Crippen molar-refractivity contribution in [3.05, 3.63) is 30.1 Å². The molecule has 1 aromatic heterocycles. The van der Waals surface area contributed by atoms with Crippen molar-refractivity contribution in [3.8, 4) is 0 Å². The molecule has 1 aromatic carbocycles. The maximum Gasteiger partial charge on any atom is 0.494 e. The van der Waals surface area contributed by atoms with Crippen molar-refractivity contribution in [2.75, 3.05) is 0 Å². The Morgan fingerprint density at radius 1 is 1.35 bits per heavy atom. The summed E-state index contributed by atoms with van der Waals surface area (Å²) in [5.41, 5.74) is 0.461. The van der Waals surface area contributed by atoms with Crippen LogP contribution in [0.4, 0.5) is 13.2 Å². The molecule has 0 atom stereocenters. The van der Waals surface area contributed by atoms with Gasteiger partial charge in [0.25, 0.3) is 0 Å². The molecule has 0 saturated carbocycles. The lowest BCUT2D eigenvalue weighted by atomic mass is 10.3. The van der Waals surface area contributed by atoms with E-state index in [2.05, 4.69) is 4.98 Å². The Balaban J connectivity index is 2.69. The zero-order chi connectivity index (χ0) is 12.6. The van der Waals surface area contributed by atoms with Crippen LogP contribution in [0.2, 0.25) is 0 Å². The number of carboxylic acids is 1. The maximum absolute atomic E-state index is 12.7. The molecule has 90 valence electrons. The van der Waals surface area contributed by atoms with Crippen LogP contribution in [0.25, 0.3) is 11.0 Å². The van der Waals surface area contributed by atoms with Gasteiger partial charge >= 0.3 is 18.0 Å². The quantitative estimate of drug-likeness (QED) is 0.789. The molecule has 0 aliphatic carbocycles. The van der Waals surface area contributed by atoms with Crippen molar-refractivity contribution >= 4 is 17.0 Å². The van der Waals surface area contributed by atoms with Crippen LogP contribution >= 0.6 is 0 Å². The van der Waals surface area contributed by atoms with E-state index in [1.165, 1.54) is 12.1 Å². The maximum atomic E-state index is 12.7. The lowest BCUT2D eigenvalue weighted by Gasteiger charge is -2.01. The summed E-state index contributed by atoms with van der Waals surface area (Å²) >= 11 is 0. The summed E-state index contributed by atoms with van der Waals surface area (Å²) in [5.74, 6) is -2.40. The van der Waals surface area contributed by atoms with E-state index in [1.54, 1.807) is 12.1 Å². The zero-order valence-corrected chi connectivity index (χ0v) is 8.45. The molecule has 7 heteroatoms. The normalized spacial score (nSPS) is 11.9. The minimum Gasteiger partial charge on any atom is -0.478 e. The van der Waals surface area contributed by atoms with E-state index in [1.807, 2.05) is 0 Å². The van der Waals surface area contributed by atoms with Gasteiger partial charge in [0.15, 0.2) is 17.6 Å². The standard InChI is InChI=1S/C10H7F3N2O2/c11-10(12,13)9-14-6-3-1-2-4-7(6)15(9)5-8(16)17/h1-4H,5H2,(H,16,17)/p+1. The lowest BCUT2D eigenvalue weighted by Crippen LogP contribution is -2.43. The Morgan fingerprint density at radius 3 is 2.59 bits per heavy atom. The Kier molecular flexibility index (Phi) is 2.53. The number of carboxylic acid groups (broad SMARTS) is 1. The number of nitrogens with zero attached hydrogens (tertiary/aromatic N) is 1. The molecule has 0 amide bonds. The van der Waals surface area contributed by atoms with Gasteiger partial charge in [0.2, 0.25) is 0 Å². The van der Waals surface area contributed by atoms with Gasteiger partial charge in [-0.05, 0) is 12.1 Å². The number of H-pyrrole nitrogens is 1. The van der Waals surface area contributed by atoms with Crippen molar-refractivity contribution in [1.82, 2.24) is 4.98 Å². The third-order valence-corrected chi connectivity index (χ3v) is 2.28. The van der Waals surface area contributed by atoms with Crippen LogP contribution in [0.5, 0.6) is 0 Å². The molecule has 0 saturated heterocycles. The van der Waals surface area contributed by atoms with E-state index in [0.29, 0.717) is 4.57 Å². The highest BCUT2D eigenvalue weighted by molar-refractivity contribution is 5.72. The van der Waals surface area contributed by atoms with Crippen LogP contribution in [0.1, 0.15) is 5.82 Å². The number of aromatic nitrogens is 2. The molecule has 2 rings (SSSR count). The second-order valence-electron chi connectivity index (χ2n) is 3.47. The topological polar surface area (TPSA) is 57.0 Å². The molecule has 17 heavy (non-hydrogen) atoms. The van der Waals surface area contributed by atoms with Gasteiger partial charge in [0.05, 0.1) is 0 Å². The van der Waals surface area contributed by atoms with Crippen LogP contribution in [0.3, 0.4) is 0 Å². The summed E-state index contributed by atoms with van der Waals surface area (Å²) < 4.78 is 38.8. The summed E-state index contributed by atoms with van der Waals surface area (Å²) in [4.78, 5) is 12.8. The number of fused-ring (bicyclic) bond motifs is 1. The largest absolute Gasteiger partial charge is 0.494 e. The number of hydrogen-bond donors (Lipinski definition) is 2. The van der Waals surface area contributed by atoms with Gasteiger partial charge in [-0.1, -0.05) is 12.1 Å². The molecule has 0 unspecified atom stereocenters. The summed E-state index contributed by atoms with van der Waals surface area (Å²) in [5, 5.41) is 8.63. The predicted octanol–water partition coefficient (Wildman–Crippen LogP) is 1.56. The van der Waals surface area contributed by atoms with Crippen molar-refractivity contribution < 1.29 is 27.6 Å². The number of para-hydroxylation sites is 2. The van der Waals surface area contributed by atoms with Crippen molar-refractivity contribution in [2.24, 2.45) is 0 Å². The fraction of sp³-hybridized carbons (Fsp3) is 0.200. The van der Waals surface area contributed by atoms with Crippen LogP contribution in [0.15, 0.2) is 24.3 Å². The van der Waals surface area contributed by atoms with E-state index in [0.717, 1.165) is 0 Å². The number of halogens is 3. The minimum absolute atomic E-state index is 0.210. The highest BCUT2D eigenvalue weighted by Crippen LogP contribution is 2.27. The number of rotatable bonds is 2. The van der Waals surface area contributed by atoms with Crippen LogP contribution < -0.4 is 4.57 Å². The number of hydrogen-bond acceptors (Lipinski definition) is 1. The number of aliphatic carboxylic acids is 1. The predicted molar refractivity (Wildman–Crippen MR) is 51.1 cm³/mol. The van der Waals surface area contributed by atoms with Crippen molar-refractivity contribution in [3.63, 3.8) is 0 Å². The van der Waals surface area contributed by atoms with Crippen molar-refractivity contribution in [1.29, 1.82) is 0 Å². The Morgan fingerprint density at radius 2 is 2.00 bits per heavy atom. The fourth-order valence-electron chi connectivity index (χ4n) is 1.65. The average molecular weight is 245 g/mol. The molecule has 1 heterocycles. The Hall–Kier alpha value is -2.05. The van der Waals surface area contributed by atoms with Gasteiger partial charge in [-0.3, -0.25) is 0 Å². The monoisotopic (exact) mass is 245 g/mol. The highest BCUT2D eigenvalue weighted by Gasteiger charge is 2.44. The molecule has 0 aliphatic rings. The second kappa shape index (κ2) is 3.76. The molecule has 0 aliphatic heterocycles. The number of benzene rings is 1. The highest BCUT2D eigenvalue weighted by atomic mass is 19.4. The van der Waals surface area contributed by atoms with Crippen LogP contribution in [-0.4, -0.2) is 16.1 Å². The fourth-order valence-corrected chi connectivity index (χ4v) is 1.65. The number of aromatic amines is 1. The summed E-state index contributed by atoms with van der Waals surface area (Å²) in [6.45, 7) is -0.737. The zero-order valence-electron chi connectivity index (χ0n) is 8.45. The van der Waals surface area contributed by atoms with Gasteiger partial charge < -0.3 is 5.11 Å². The van der Waals surface area contributed by atoms with E-state index in [-0.39, 0.29) is 11.0 Å². The first-order valence-corrected chi connectivity index (χ1v) is 4.69. The number of carbonyl (C=O) groups is 1. The van der Waals surface area contributed by atoms with E-state index >= 15 is 0 Å². The molecular weight excluding hydrogens is 237 g/mol. The third kappa shape index (κ3) is 2.08. The molecule has 2 N–H and O–H groups in total. The summed E-state index contributed by atoms with van der Waals surface area (Å²) in [6, 6.07) is 6.02. The van der Waals surface area contributed by atoms with Crippen LogP contribution in [-0.2, 0) is 17.5 Å². The summed E-state index contributed by atoms with van der Waals surface area (Å²) in [6.07, 6.45) is -4.62. The average Bonchev–Trinajstić information content (AvgIpc) is 2.56. The molecule has 0 fully saturated rings. The smallest absolute Gasteiger partial charge is 0.478 e. The van der Waals surface area contributed by atoms with Gasteiger partial charge in [-0.2, -0.15) is 13.2 Å². The van der Waals surface area contributed by atoms with E-state index in [4.69, 9.17) is 5.11 Å². The van der Waals surface area contributed by atoms with Crippen molar-refractivity contribution in [2.45, 2.75) is 12.7 Å². The number of imidazole rings is 1. The molecule has 2 aromatic rings. The molecule has 4 nitrogen and oxygen atoms in total. The Labute approximate surface area is 93.3 Å². The number of alkyl halides is 3. The first-order valence-electron chi connectivity index (χ1n) is 4.69. The number of nitrogens with one attached hydrogen (secondary N) is 1. The third-order valence-electron chi connectivity index (χ3n) is 2.28. The SMILES string of the molecule is O=C(O)C[n+]1c(C(F)(F)F)[nH]c2ccccc21. The lowest BCUT2D eigenvalue weighted by molar-refractivity contribution is -0.680. The van der Waals surface area contributed by atoms with Gasteiger partial charge in [0, 0.05) is 0 Å². The Bertz CT molecular complexity index is 574. The van der Waals surface area contributed by atoms with Gasteiger partial charge in [-0.15, -0.1) is 0 Å². The van der Waals surface area contributed by atoms with Crippen LogP contribution in [0, 0.1) is 0 Å². The molecule has 0 spiro atoms. The minimum atomic E-state index is -4.62. The molecule has 0 bridgehead atoms. The first kappa shape index (κ1) is 11.4. The van der Waals surface area contributed by atoms with E-state index in [9.17, 15) is 18.0 Å².